The Morgan fingerprint density at radius 3 is 2.74 bits per heavy atom. The third kappa shape index (κ3) is 4.11. The highest BCUT2D eigenvalue weighted by molar-refractivity contribution is 6.42. The molecule has 0 radical (unpaired) electrons. The van der Waals surface area contributed by atoms with Crippen LogP contribution in [0.2, 0.25) is 10.0 Å². The number of amides is 2. The van der Waals surface area contributed by atoms with E-state index in [1.165, 1.54) is 0 Å². The number of hydrogen-bond acceptors (Lipinski definition) is 4. The highest BCUT2D eigenvalue weighted by Crippen LogP contribution is 2.39. The molecule has 0 saturated heterocycles. The highest BCUT2D eigenvalue weighted by Gasteiger charge is 2.36. The van der Waals surface area contributed by atoms with Crippen molar-refractivity contribution in [3.8, 4) is 16.9 Å². The maximum Gasteiger partial charge on any atom is 0.251 e. The summed E-state index contributed by atoms with van der Waals surface area (Å²) >= 11 is 11.9. The number of halogens is 2. The minimum Gasteiger partial charge on any atom is -0.497 e. The molecule has 0 fully saturated rings. The molecule has 1 atom stereocenters. The van der Waals surface area contributed by atoms with E-state index in [9.17, 15) is 9.59 Å². The maximum absolute atomic E-state index is 12.7. The van der Waals surface area contributed by atoms with E-state index in [0.29, 0.717) is 33.7 Å². The smallest absolute Gasteiger partial charge is 0.251 e. The van der Waals surface area contributed by atoms with Crippen LogP contribution >= 0.6 is 23.2 Å². The molecular weight excluding hydrogens is 439 g/mol. The van der Waals surface area contributed by atoms with Gasteiger partial charge in [-0.1, -0.05) is 42.3 Å². The number of methoxy groups -OCH3 is 1. The van der Waals surface area contributed by atoms with E-state index >= 15 is 0 Å². The molecule has 2 aromatic carbocycles. The van der Waals surface area contributed by atoms with E-state index in [4.69, 9.17) is 27.9 Å². The Morgan fingerprint density at radius 1 is 1.23 bits per heavy atom. The fourth-order valence-electron chi connectivity index (χ4n) is 3.61. The molecule has 2 amide bonds. The molecular formula is C22H20Cl2N4O3. The molecule has 1 unspecified atom stereocenters. The van der Waals surface area contributed by atoms with Gasteiger partial charge in [0.1, 0.15) is 17.6 Å². The Morgan fingerprint density at radius 2 is 2.03 bits per heavy atom. The van der Waals surface area contributed by atoms with Gasteiger partial charge in [-0.2, -0.15) is 5.10 Å². The third-order valence-corrected chi connectivity index (χ3v) is 5.84. The summed E-state index contributed by atoms with van der Waals surface area (Å²) in [6.45, 7) is 2.00. The largest absolute Gasteiger partial charge is 0.497 e. The molecule has 1 aromatic heterocycles. The Bertz CT molecular complexity index is 1180. The summed E-state index contributed by atoms with van der Waals surface area (Å²) in [6, 6.07) is 11.6. The average molecular weight is 459 g/mol. The normalized spacial score (nSPS) is 14.8. The summed E-state index contributed by atoms with van der Waals surface area (Å²) < 4.78 is 6.93. The van der Waals surface area contributed by atoms with Gasteiger partial charge in [-0.3, -0.25) is 9.59 Å². The molecule has 3 aromatic rings. The zero-order valence-electron chi connectivity index (χ0n) is 16.9. The summed E-state index contributed by atoms with van der Waals surface area (Å²) in [7, 11) is 1.60. The molecule has 4 rings (SSSR count). The van der Waals surface area contributed by atoms with Crippen LogP contribution in [-0.4, -0.2) is 28.7 Å². The van der Waals surface area contributed by atoms with Crippen LogP contribution in [0.5, 0.6) is 5.75 Å². The number of benzene rings is 2. The fraction of sp³-hybridized carbons (Fsp3) is 0.227. The van der Waals surface area contributed by atoms with Crippen LogP contribution in [0.1, 0.15) is 25.1 Å². The lowest BCUT2D eigenvalue weighted by atomic mass is 10.0. The molecule has 0 saturated carbocycles. The minimum atomic E-state index is -0.748. The molecule has 9 heteroatoms. The molecule has 7 nitrogen and oxygen atoms in total. The number of nitrogens with zero attached hydrogens (tertiary/aromatic N) is 2. The number of fused-ring (bicyclic) bond motifs is 1. The minimum absolute atomic E-state index is 0.0680. The summed E-state index contributed by atoms with van der Waals surface area (Å²) in [5, 5.41) is 11.0. The Hall–Kier alpha value is -3.03. The predicted octanol–water partition coefficient (Wildman–Crippen LogP) is 4.95. The molecule has 160 valence electrons. The number of ether oxygens (including phenoxy) is 1. The number of aryl methyl sites for hydroxylation is 1. The Kier molecular flexibility index (Phi) is 5.89. The van der Waals surface area contributed by atoms with Crippen LogP contribution in [0.3, 0.4) is 0 Å². The van der Waals surface area contributed by atoms with Crippen molar-refractivity contribution in [1.82, 2.24) is 9.78 Å². The van der Waals surface area contributed by atoms with Gasteiger partial charge in [-0.25, -0.2) is 4.68 Å². The summed E-state index contributed by atoms with van der Waals surface area (Å²) in [4.78, 5) is 25.3. The van der Waals surface area contributed by atoms with Gasteiger partial charge in [0.15, 0.2) is 0 Å². The zero-order valence-corrected chi connectivity index (χ0v) is 18.4. The maximum atomic E-state index is 12.7. The third-order valence-electron chi connectivity index (χ3n) is 5.10. The van der Waals surface area contributed by atoms with Gasteiger partial charge < -0.3 is 15.4 Å². The first-order chi connectivity index (χ1) is 14.9. The van der Waals surface area contributed by atoms with Crippen molar-refractivity contribution in [2.24, 2.45) is 0 Å². The van der Waals surface area contributed by atoms with Crippen molar-refractivity contribution in [2.75, 3.05) is 17.7 Å². The van der Waals surface area contributed by atoms with Gasteiger partial charge >= 0.3 is 0 Å². The first-order valence-corrected chi connectivity index (χ1v) is 10.5. The number of anilines is 2. The molecule has 31 heavy (non-hydrogen) atoms. The number of carbonyl (C=O) groups is 2. The van der Waals surface area contributed by atoms with Crippen molar-refractivity contribution >= 4 is 46.5 Å². The first-order valence-electron chi connectivity index (χ1n) is 9.72. The summed E-state index contributed by atoms with van der Waals surface area (Å²) in [5.41, 5.74) is 3.06. The van der Waals surface area contributed by atoms with E-state index in [1.54, 1.807) is 30.0 Å². The van der Waals surface area contributed by atoms with Crippen molar-refractivity contribution in [3.63, 3.8) is 0 Å². The molecule has 0 spiro atoms. The van der Waals surface area contributed by atoms with E-state index in [-0.39, 0.29) is 18.2 Å². The van der Waals surface area contributed by atoms with Crippen molar-refractivity contribution in [3.05, 3.63) is 58.2 Å². The van der Waals surface area contributed by atoms with E-state index < -0.39 is 6.04 Å². The van der Waals surface area contributed by atoms with Gasteiger partial charge in [0.05, 0.1) is 29.3 Å². The van der Waals surface area contributed by atoms with Gasteiger partial charge in [-0.05, 0) is 42.3 Å². The van der Waals surface area contributed by atoms with Crippen LogP contribution in [0.4, 0.5) is 11.5 Å². The molecule has 0 bridgehead atoms. The number of hydrogen-bond donors (Lipinski definition) is 2. The molecule has 0 aliphatic carbocycles. The second-order valence-corrected chi connectivity index (χ2v) is 7.90. The zero-order chi connectivity index (χ0) is 22.1. The van der Waals surface area contributed by atoms with Gasteiger partial charge in [0.25, 0.3) is 5.91 Å². The number of nitrogens with one attached hydrogen (secondary N) is 2. The fourth-order valence-corrected chi connectivity index (χ4v) is 3.91. The highest BCUT2D eigenvalue weighted by atomic mass is 35.5. The van der Waals surface area contributed by atoms with Gasteiger partial charge in [-0.15, -0.1) is 0 Å². The monoisotopic (exact) mass is 458 g/mol. The van der Waals surface area contributed by atoms with Crippen molar-refractivity contribution in [1.29, 1.82) is 0 Å². The molecule has 2 N–H and O–H groups in total. The van der Waals surface area contributed by atoms with Crippen LogP contribution in [0.15, 0.2) is 42.5 Å². The van der Waals surface area contributed by atoms with Crippen molar-refractivity contribution < 1.29 is 14.3 Å². The van der Waals surface area contributed by atoms with Crippen LogP contribution < -0.4 is 15.4 Å². The average Bonchev–Trinajstić information content (AvgIpc) is 3.26. The van der Waals surface area contributed by atoms with Crippen molar-refractivity contribution in [2.45, 2.75) is 25.8 Å². The van der Waals surface area contributed by atoms with E-state index in [1.807, 2.05) is 31.2 Å². The first kappa shape index (κ1) is 21.2. The van der Waals surface area contributed by atoms with Crippen LogP contribution in [0, 0.1) is 0 Å². The van der Waals surface area contributed by atoms with E-state index in [0.717, 1.165) is 16.8 Å². The number of aromatic nitrogens is 2. The lowest BCUT2D eigenvalue weighted by Crippen LogP contribution is -2.24. The summed E-state index contributed by atoms with van der Waals surface area (Å²) in [6.07, 6.45) is 0.603. The standard InChI is InChI=1S/C22H20Cl2N4O3/c1-3-17-20(12-5-4-6-14(9-12)31-2)21-26-22(30)18(28(21)27-17)11-19(29)25-13-7-8-15(23)16(24)10-13/h4-10,18H,3,11H2,1-2H3,(H,25,29)(H,26,30). The quantitative estimate of drug-likeness (QED) is 0.546. The van der Waals surface area contributed by atoms with Crippen LogP contribution in [0.25, 0.3) is 11.1 Å². The van der Waals surface area contributed by atoms with Gasteiger partial charge in [0.2, 0.25) is 5.91 Å². The second-order valence-electron chi connectivity index (χ2n) is 7.09. The Balaban J connectivity index is 1.61. The van der Waals surface area contributed by atoms with Crippen LogP contribution in [-0.2, 0) is 16.0 Å². The molecule has 2 heterocycles. The Labute approximate surface area is 189 Å². The predicted molar refractivity (Wildman–Crippen MR) is 121 cm³/mol. The SMILES string of the molecule is CCc1nn2c(c1-c1cccc(OC)c1)NC(=O)C2CC(=O)Nc1ccc(Cl)c(Cl)c1. The topological polar surface area (TPSA) is 85.2 Å². The number of carbonyl (C=O) groups excluding carboxylic acids is 2. The lowest BCUT2D eigenvalue weighted by molar-refractivity contribution is -0.123. The second kappa shape index (κ2) is 8.61. The summed E-state index contributed by atoms with van der Waals surface area (Å²) in [5.74, 6) is 0.685. The number of rotatable bonds is 6. The lowest BCUT2D eigenvalue weighted by Gasteiger charge is -2.10. The van der Waals surface area contributed by atoms with E-state index in [2.05, 4.69) is 15.7 Å². The van der Waals surface area contributed by atoms with Gasteiger partial charge in [0, 0.05) is 11.3 Å². The molecule has 1 aliphatic heterocycles. The molecule has 1 aliphatic rings.